The van der Waals surface area contributed by atoms with E-state index < -0.39 is 0 Å². The largest absolute Gasteiger partial charge is 0.494 e. The number of hydrogen-bond donors (Lipinski definition) is 1. The first-order chi connectivity index (χ1) is 8.58. The average Bonchev–Trinajstić information content (AvgIpc) is 2.34. The summed E-state index contributed by atoms with van der Waals surface area (Å²) < 4.78 is 5.39. The summed E-state index contributed by atoms with van der Waals surface area (Å²) in [6, 6.07) is 5.16. The van der Waals surface area contributed by atoms with E-state index >= 15 is 0 Å². The number of unbranched alkanes of at least 4 members (excludes halogenated alkanes) is 1. The molecule has 0 atom stereocenters. The van der Waals surface area contributed by atoms with Gasteiger partial charge in [0.1, 0.15) is 5.75 Å². The Balaban J connectivity index is 2.84. The monoisotopic (exact) mass is 250 g/mol. The van der Waals surface area contributed by atoms with E-state index in [1.807, 2.05) is 14.0 Å². The lowest BCUT2D eigenvalue weighted by Gasteiger charge is -2.17. The van der Waals surface area contributed by atoms with E-state index in [0.717, 1.165) is 19.4 Å². The Labute approximate surface area is 109 Å². The van der Waals surface area contributed by atoms with Gasteiger partial charge in [0, 0.05) is 30.9 Å². The zero-order valence-corrected chi connectivity index (χ0v) is 11.4. The SMILES string of the molecule is CCCCN(C)C(=O)c1cc(N)cc(OCC)c1. The van der Waals surface area contributed by atoms with Gasteiger partial charge in [-0.25, -0.2) is 0 Å². The topological polar surface area (TPSA) is 55.6 Å². The molecule has 0 spiro atoms. The summed E-state index contributed by atoms with van der Waals surface area (Å²) in [7, 11) is 1.81. The van der Waals surface area contributed by atoms with Crippen LogP contribution in [-0.2, 0) is 0 Å². The minimum absolute atomic E-state index is 0.0169. The molecule has 2 N–H and O–H groups in total. The van der Waals surface area contributed by atoms with Gasteiger partial charge in [-0.3, -0.25) is 4.79 Å². The second-order valence-electron chi connectivity index (χ2n) is 4.30. The van der Waals surface area contributed by atoms with Gasteiger partial charge < -0.3 is 15.4 Å². The maximum absolute atomic E-state index is 12.2. The lowest BCUT2D eigenvalue weighted by Crippen LogP contribution is -2.27. The van der Waals surface area contributed by atoms with Gasteiger partial charge in [-0.1, -0.05) is 13.3 Å². The summed E-state index contributed by atoms with van der Waals surface area (Å²) in [6.45, 7) is 5.32. The molecule has 4 heteroatoms. The highest BCUT2D eigenvalue weighted by Crippen LogP contribution is 2.20. The van der Waals surface area contributed by atoms with Gasteiger partial charge >= 0.3 is 0 Å². The fourth-order valence-corrected chi connectivity index (χ4v) is 1.71. The molecule has 0 aliphatic rings. The summed E-state index contributed by atoms with van der Waals surface area (Å²) in [5, 5.41) is 0. The van der Waals surface area contributed by atoms with E-state index in [1.165, 1.54) is 0 Å². The van der Waals surface area contributed by atoms with Gasteiger partial charge in [0.25, 0.3) is 5.91 Å². The van der Waals surface area contributed by atoms with Gasteiger partial charge in [-0.05, 0) is 25.5 Å². The Kier molecular flexibility index (Phi) is 5.49. The molecule has 0 fully saturated rings. The van der Waals surface area contributed by atoms with Crippen molar-refractivity contribution in [2.45, 2.75) is 26.7 Å². The van der Waals surface area contributed by atoms with Gasteiger partial charge in [0.05, 0.1) is 6.61 Å². The summed E-state index contributed by atoms with van der Waals surface area (Å²) in [6.07, 6.45) is 2.07. The van der Waals surface area contributed by atoms with Crippen LogP contribution in [0.5, 0.6) is 5.75 Å². The Morgan fingerprint density at radius 3 is 2.67 bits per heavy atom. The molecule has 1 aromatic rings. The predicted octanol–water partition coefficient (Wildman–Crippen LogP) is 2.54. The number of carbonyl (C=O) groups excluding carboxylic acids is 1. The number of carbonyl (C=O) groups is 1. The second-order valence-corrected chi connectivity index (χ2v) is 4.30. The van der Waals surface area contributed by atoms with Crippen molar-refractivity contribution in [1.82, 2.24) is 4.90 Å². The molecule has 4 nitrogen and oxygen atoms in total. The van der Waals surface area contributed by atoms with E-state index in [4.69, 9.17) is 10.5 Å². The Morgan fingerprint density at radius 1 is 1.33 bits per heavy atom. The van der Waals surface area contributed by atoms with E-state index in [2.05, 4.69) is 6.92 Å². The van der Waals surface area contributed by atoms with Crippen molar-refractivity contribution < 1.29 is 9.53 Å². The molecular weight excluding hydrogens is 228 g/mol. The molecule has 0 bridgehead atoms. The van der Waals surface area contributed by atoms with E-state index in [-0.39, 0.29) is 5.91 Å². The number of rotatable bonds is 6. The molecule has 100 valence electrons. The third kappa shape index (κ3) is 3.95. The molecule has 0 aliphatic heterocycles. The molecule has 0 aliphatic carbocycles. The van der Waals surface area contributed by atoms with E-state index in [9.17, 15) is 4.79 Å². The van der Waals surface area contributed by atoms with Crippen LogP contribution in [0.2, 0.25) is 0 Å². The van der Waals surface area contributed by atoms with Crippen LogP contribution in [0.3, 0.4) is 0 Å². The van der Waals surface area contributed by atoms with Gasteiger partial charge in [0.2, 0.25) is 0 Å². The molecule has 1 amide bonds. The second kappa shape index (κ2) is 6.89. The number of ether oxygens (including phenoxy) is 1. The maximum atomic E-state index is 12.2. The third-order valence-electron chi connectivity index (χ3n) is 2.68. The number of nitrogen functional groups attached to an aromatic ring is 1. The fourth-order valence-electron chi connectivity index (χ4n) is 1.71. The predicted molar refractivity (Wildman–Crippen MR) is 73.9 cm³/mol. The highest BCUT2D eigenvalue weighted by Gasteiger charge is 2.13. The van der Waals surface area contributed by atoms with Crippen molar-refractivity contribution in [3.8, 4) is 5.75 Å². The first-order valence-electron chi connectivity index (χ1n) is 6.37. The van der Waals surface area contributed by atoms with Crippen molar-refractivity contribution in [3.05, 3.63) is 23.8 Å². The van der Waals surface area contributed by atoms with Gasteiger partial charge in [-0.15, -0.1) is 0 Å². The van der Waals surface area contributed by atoms with E-state index in [0.29, 0.717) is 23.6 Å². The van der Waals surface area contributed by atoms with Crippen molar-refractivity contribution >= 4 is 11.6 Å². The summed E-state index contributed by atoms with van der Waals surface area (Å²) in [5.74, 6) is 0.626. The van der Waals surface area contributed by atoms with Crippen LogP contribution < -0.4 is 10.5 Å². The lowest BCUT2D eigenvalue weighted by molar-refractivity contribution is 0.0793. The first-order valence-corrected chi connectivity index (χ1v) is 6.37. The zero-order chi connectivity index (χ0) is 13.5. The molecule has 1 aromatic carbocycles. The van der Waals surface area contributed by atoms with Crippen LogP contribution in [-0.4, -0.2) is 31.0 Å². The first kappa shape index (κ1) is 14.4. The Morgan fingerprint density at radius 2 is 2.06 bits per heavy atom. The molecule has 0 saturated heterocycles. The highest BCUT2D eigenvalue weighted by atomic mass is 16.5. The summed E-state index contributed by atoms with van der Waals surface area (Å²) in [5.41, 5.74) is 6.91. The van der Waals surface area contributed by atoms with Gasteiger partial charge in [0.15, 0.2) is 0 Å². The van der Waals surface area contributed by atoms with Crippen LogP contribution in [0.15, 0.2) is 18.2 Å². The Hall–Kier alpha value is -1.71. The number of nitrogens with zero attached hydrogens (tertiary/aromatic N) is 1. The van der Waals surface area contributed by atoms with Crippen LogP contribution >= 0.6 is 0 Å². The van der Waals surface area contributed by atoms with Crippen LogP contribution in [0.4, 0.5) is 5.69 Å². The van der Waals surface area contributed by atoms with Crippen LogP contribution in [0.1, 0.15) is 37.0 Å². The minimum Gasteiger partial charge on any atom is -0.494 e. The molecule has 1 rings (SSSR count). The normalized spacial score (nSPS) is 10.2. The van der Waals surface area contributed by atoms with Crippen molar-refractivity contribution in [2.75, 3.05) is 25.9 Å². The quantitative estimate of drug-likeness (QED) is 0.789. The fraction of sp³-hybridized carbons (Fsp3) is 0.500. The summed E-state index contributed by atoms with van der Waals surface area (Å²) >= 11 is 0. The molecule has 0 radical (unpaired) electrons. The molecule has 0 aromatic heterocycles. The average molecular weight is 250 g/mol. The Bertz CT molecular complexity index is 405. The van der Waals surface area contributed by atoms with Crippen molar-refractivity contribution in [2.24, 2.45) is 0 Å². The van der Waals surface area contributed by atoms with Gasteiger partial charge in [-0.2, -0.15) is 0 Å². The molecular formula is C14H22N2O2. The number of nitrogens with two attached hydrogens (primary N) is 1. The van der Waals surface area contributed by atoms with E-state index in [1.54, 1.807) is 23.1 Å². The molecule has 0 heterocycles. The van der Waals surface area contributed by atoms with Crippen molar-refractivity contribution in [3.63, 3.8) is 0 Å². The smallest absolute Gasteiger partial charge is 0.253 e. The molecule has 0 unspecified atom stereocenters. The lowest BCUT2D eigenvalue weighted by atomic mass is 10.1. The minimum atomic E-state index is -0.0169. The highest BCUT2D eigenvalue weighted by molar-refractivity contribution is 5.95. The number of hydrogen-bond acceptors (Lipinski definition) is 3. The summed E-state index contributed by atoms with van der Waals surface area (Å²) in [4.78, 5) is 13.9. The van der Waals surface area contributed by atoms with Crippen molar-refractivity contribution in [1.29, 1.82) is 0 Å². The standard InChI is InChI=1S/C14H22N2O2/c1-4-6-7-16(3)14(17)11-8-12(15)10-13(9-11)18-5-2/h8-10H,4-7,15H2,1-3H3. The maximum Gasteiger partial charge on any atom is 0.253 e. The van der Waals surface area contributed by atoms with Crippen LogP contribution in [0.25, 0.3) is 0 Å². The zero-order valence-electron chi connectivity index (χ0n) is 11.4. The van der Waals surface area contributed by atoms with Crippen LogP contribution in [0, 0.1) is 0 Å². The number of benzene rings is 1. The number of anilines is 1. The molecule has 18 heavy (non-hydrogen) atoms. The molecule has 0 saturated carbocycles. The third-order valence-corrected chi connectivity index (χ3v) is 2.68. The number of amides is 1.